The minimum atomic E-state index is -0.124. The number of benzene rings is 1. The second-order valence-electron chi connectivity index (χ2n) is 5.72. The van der Waals surface area contributed by atoms with E-state index in [0.717, 1.165) is 32.5 Å². The zero-order chi connectivity index (χ0) is 14.4. The highest BCUT2D eigenvalue weighted by Crippen LogP contribution is 2.26. The van der Waals surface area contributed by atoms with E-state index in [9.17, 15) is 4.79 Å². The number of methoxy groups -OCH3 is 1. The predicted octanol–water partition coefficient (Wildman–Crippen LogP) is 2.52. The van der Waals surface area contributed by atoms with Gasteiger partial charge in [-0.3, -0.25) is 4.79 Å². The van der Waals surface area contributed by atoms with Crippen LogP contribution in [0.4, 0.5) is 5.69 Å². The monoisotopic (exact) mass is 276 g/mol. The number of anilines is 1. The summed E-state index contributed by atoms with van der Waals surface area (Å²) in [4.78, 5) is 13.5. The van der Waals surface area contributed by atoms with Gasteiger partial charge in [0.15, 0.2) is 0 Å². The number of nitrogens with one attached hydrogen (secondary N) is 1. The average molecular weight is 276 g/mol. The molecule has 1 fully saturated rings. The molecule has 1 aliphatic heterocycles. The van der Waals surface area contributed by atoms with Crippen molar-refractivity contribution in [3.05, 3.63) is 30.3 Å². The Morgan fingerprint density at radius 3 is 2.55 bits per heavy atom. The summed E-state index contributed by atoms with van der Waals surface area (Å²) in [6.07, 6.45) is 2.66. The maximum Gasteiger partial charge on any atom is 0.306 e. The van der Waals surface area contributed by atoms with Crippen molar-refractivity contribution in [2.45, 2.75) is 31.7 Å². The quantitative estimate of drug-likeness (QED) is 0.839. The van der Waals surface area contributed by atoms with Crippen LogP contribution < -0.4 is 5.32 Å². The molecule has 20 heavy (non-hydrogen) atoms. The Morgan fingerprint density at radius 1 is 1.30 bits per heavy atom. The number of hydrogen-bond donors (Lipinski definition) is 1. The predicted molar refractivity (Wildman–Crippen MR) is 80.8 cm³/mol. The second kappa shape index (κ2) is 6.75. The summed E-state index contributed by atoms with van der Waals surface area (Å²) in [5.74, 6) is -0.124. The van der Waals surface area contributed by atoms with Crippen molar-refractivity contribution in [1.29, 1.82) is 0 Å². The van der Waals surface area contributed by atoms with Crippen molar-refractivity contribution in [1.82, 2.24) is 4.90 Å². The molecule has 2 rings (SSSR count). The van der Waals surface area contributed by atoms with Crippen molar-refractivity contribution in [2.75, 3.05) is 32.1 Å². The zero-order valence-corrected chi connectivity index (χ0v) is 12.4. The molecule has 0 saturated carbocycles. The Morgan fingerprint density at radius 2 is 1.95 bits per heavy atom. The molecule has 0 amide bonds. The first-order valence-electron chi connectivity index (χ1n) is 7.24. The van der Waals surface area contributed by atoms with E-state index in [1.807, 2.05) is 6.07 Å². The molecule has 0 aliphatic carbocycles. The van der Waals surface area contributed by atoms with Gasteiger partial charge in [-0.25, -0.2) is 0 Å². The molecule has 1 saturated heterocycles. The van der Waals surface area contributed by atoms with Gasteiger partial charge in [-0.1, -0.05) is 18.2 Å². The second-order valence-corrected chi connectivity index (χ2v) is 5.72. The number of nitrogens with zero attached hydrogens (tertiary/aromatic N) is 1. The van der Waals surface area contributed by atoms with Crippen LogP contribution >= 0.6 is 0 Å². The maximum atomic E-state index is 11.2. The Kier molecular flexibility index (Phi) is 5.01. The summed E-state index contributed by atoms with van der Waals surface area (Å²) in [5, 5.41) is 3.64. The fourth-order valence-electron chi connectivity index (χ4n) is 2.62. The molecule has 110 valence electrons. The number of rotatable bonds is 5. The summed E-state index contributed by atoms with van der Waals surface area (Å²) >= 11 is 0. The molecule has 1 aliphatic rings. The molecule has 1 aromatic rings. The molecule has 1 heterocycles. The number of ether oxygens (including phenoxy) is 1. The van der Waals surface area contributed by atoms with Crippen LogP contribution in [-0.4, -0.2) is 43.2 Å². The summed E-state index contributed by atoms with van der Waals surface area (Å²) in [7, 11) is 1.44. The third kappa shape index (κ3) is 4.23. The number of carbonyl (C=O) groups excluding carboxylic acids is 1. The molecule has 0 atom stereocenters. The number of hydrogen-bond acceptors (Lipinski definition) is 4. The SMILES string of the molecule is COC(=O)CCN1CCC(C)(Nc2ccccc2)CC1. The number of para-hydroxylation sites is 1. The molecule has 4 nitrogen and oxygen atoms in total. The van der Waals surface area contributed by atoms with Gasteiger partial charge in [-0.2, -0.15) is 0 Å². The zero-order valence-electron chi connectivity index (χ0n) is 12.4. The summed E-state index contributed by atoms with van der Waals surface area (Å²) in [6.45, 7) is 5.12. The van der Waals surface area contributed by atoms with Gasteiger partial charge in [0.2, 0.25) is 0 Å². The van der Waals surface area contributed by atoms with Crippen LogP contribution in [0.3, 0.4) is 0 Å². The van der Waals surface area contributed by atoms with Crippen molar-refractivity contribution in [3.63, 3.8) is 0 Å². The molecule has 1 N–H and O–H groups in total. The lowest BCUT2D eigenvalue weighted by Crippen LogP contribution is -2.47. The lowest BCUT2D eigenvalue weighted by atomic mass is 9.89. The summed E-state index contributed by atoms with van der Waals surface area (Å²) in [5.41, 5.74) is 1.32. The Bertz CT molecular complexity index is 425. The summed E-state index contributed by atoms with van der Waals surface area (Å²) < 4.78 is 4.68. The van der Waals surface area contributed by atoms with Crippen LogP contribution in [0.1, 0.15) is 26.2 Å². The lowest BCUT2D eigenvalue weighted by Gasteiger charge is -2.40. The van der Waals surface area contributed by atoms with Gasteiger partial charge < -0.3 is 15.0 Å². The molecule has 0 aromatic heterocycles. The summed E-state index contributed by atoms with van der Waals surface area (Å²) in [6, 6.07) is 10.3. The van der Waals surface area contributed by atoms with Crippen LogP contribution in [0, 0.1) is 0 Å². The van der Waals surface area contributed by atoms with E-state index in [1.165, 1.54) is 12.8 Å². The highest BCUT2D eigenvalue weighted by Gasteiger charge is 2.29. The third-order valence-electron chi connectivity index (χ3n) is 4.04. The number of esters is 1. The van der Waals surface area contributed by atoms with E-state index >= 15 is 0 Å². The van der Waals surface area contributed by atoms with Gasteiger partial charge >= 0.3 is 5.97 Å². The minimum Gasteiger partial charge on any atom is -0.469 e. The molecule has 4 heteroatoms. The van der Waals surface area contributed by atoms with Crippen molar-refractivity contribution in [3.8, 4) is 0 Å². The largest absolute Gasteiger partial charge is 0.469 e. The van der Waals surface area contributed by atoms with Gasteiger partial charge in [-0.15, -0.1) is 0 Å². The lowest BCUT2D eigenvalue weighted by molar-refractivity contribution is -0.141. The van der Waals surface area contributed by atoms with Gasteiger partial charge in [0.05, 0.1) is 13.5 Å². The van der Waals surface area contributed by atoms with E-state index in [4.69, 9.17) is 0 Å². The van der Waals surface area contributed by atoms with Crippen LogP contribution in [-0.2, 0) is 9.53 Å². The molecule has 0 spiro atoms. The number of likely N-dealkylation sites (tertiary alicyclic amines) is 1. The average Bonchev–Trinajstić information content (AvgIpc) is 2.47. The molecular formula is C16H24N2O2. The molecule has 0 radical (unpaired) electrons. The van der Waals surface area contributed by atoms with Gasteiger partial charge in [0.25, 0.3) is 0 Å². The standard InChI is InChI=1S/C16H24N2O2/c1-16(17-14-6-4-3-5-7-14)9-12-18(13-10-16)11-8-15(19)20-2/h3-7,17H,8-13H2,1-2H3. The van der Waals surface area contributed by atoms with Gasteiger partial charge in [-0.05, 0) is 31.9 Å². The molecule has 0 bridgehead atoms. The first kappa shape index (κ1) is 14.9. The van der Waals surface area contributed by atoms with E-state index in [0.29, 0.717) is 6.42 Å². The minimum absolute atomic E-state index is 0.124. The Hall–Kier alpha value is -1.55. The topological polar surface area (TPSA) is 41.6 Å². The van der Waals surface area contributed by atoms with E-state index < -0.39 is 0 Å². The van der Waals surface area contributed by atoms with Crippen LogP contribution in [0.2, 0.25) is 0 Å². The van der Waals surface area contributed by atoms with E-state index in [2.05, 4.69) is 46.1 Å². The first-order valence-corrected chi connectivity index (χ1v) is 7.24. The van der Waals surface area contributed by atoms with Crippen molar-refractivity contribution >= 4 is 11.7 Å². The fraction of sp³-hybridized carbons (Fsp3) is 0.562. The maximum absolute atomic E-state index is 11.2. The third-order valence-corrected chi connectivity index (χ3v) is 4.04. The van der Waals surface area contributed by atoms with Crippen LogP contribution in [0.25, 0.3) is 0 Å². The number of carbonyl (C=O) groups is 1. The van der Waals surface area contributed by atoms with Gasteiger partial charge in [0, 0.05) is 30.9 Å². The highest BCUT2D eigenvalue weighted by atomic mass is 16.5. The van der Waals surface area contributed by atoms with Crippen molar-refractivity contribution < 1.29 is 9.53 Å². The van der Waals surface area contributed by atoms with E-state index in [-0.39, 0.29) is 11.5 Å². The fourth-order valence-corrected chi connectivity index (χ4v) is 2.62. The van der Waals surface area contributed by atoms with Crippen LogP contribution in [0.15, 0.2) is 30.3 Å². The van der Waals surface area contributed by atoms with Crippen LogP contribution in [0.5, 0.6) is 0 Å². The smallest absolute Gasteiger partial charge is 0.306 e. The Balaban J connectivity index is 1.79. The van der Waals surface area contributed by atoms with Crippen molar-refractivity contribution in [2.24, 2.45) is 0 Å². The van der Waals surface area contributed by atoms with E-state index in [1.54, 1.807) is 0 Å². The first-order chi connectivity index (χ1) is 9.61. The molecule has 1 aromatic carbocycles. The highest BCUT2D eigenvalue weighted by molar-refractivity contribution is 5.69. The normalized spacial score (nSPS) is 18.5. The van der Waals surface area contributed by atoms with Gasteiger partial charge in [0.1, 0.15) is 0 Å². The Labute approximate surface area is 121 Å². The number of piperidine rings is 1. The molecule has 0 unspecified atom stereocenters. The molecular weight excluding hydrogens is 252 g/mol.